The maximum Gasteiger partial charge on any atom is 0.326 e. The molecule has 2 amide bonds. The highest BCUT2D eigenvalue weighted by Gasteiger charge is 2.39. The normalized spacial score (nSPS) is 23.6. The second-order valence-electron chi connectivity index (χ2n) is 5.47. The lowest BCUT2D eigenvalue weighted by molar-refractivity contribution is -0.141. The summed E-state index contributed by atoms with van der Waals surface area (Å²) in [5.41, 5.74) is 0. The molecule has 0 aromatic rings. The molecule has 1 aliphatic heterocycles. The molecule has 0 spiro atoms. The monoisotopic (exact) mass is 286 g/mol. The van der Waals surface area contributed by atoms with Crippen LogP contribution in [0.25, 0.3) is 0 Å². The molecule has 3 atom stereocenters. The molecule has 0 aliphatic carbocycles. The number of carboxylic acid groups (broad SMARTS) is 1. The molecule has 20 heavy (non-hydrogen) atoms. The zero-order valence-electron chi connectivity index (χ0n) is 12.3. The first-order valence-corrected chi connectivity index (χ1v) is 7.47. The lowest BCUT2D eigenvalue weighted by Crippen LogP contribution is -2.49. The van der Waals surface area contributed by atoms with E-state index >= 15 is 0 Å². The van der Waals surface area contributed by atoms with Gasteiger partial charge < -0.3 is 20.4 Å². The van der Waals surface area contributed by atoms with Crippen LogP contribution in [-0.4, -0.2) is 51.8 Å². The summed E-state index contributed by atoms with van der Waals surface area (Å²) < 4.78 is 0. The topological polar surface area (TPSA) is 89.9 Å². The third-order valence-electron chi connectivity index (χ3n) is 3.70. The van der Waals surface area contributed by atoms with Crippen molar-refractivity contribution in [3.05, 3.63) is 0 Å². The molecule has 1 rings (SSSR count). The van der Waals surface area contributed by atoms with Crippen molar-refractivity contribution in [1.29, 1.82) is 0 Å². The van der Waals surface area contributed by atoms with Gasteiger partial charge in [0.05, 0.1) is 6.10 Å². The Labute approximate surface area is 120 Å². The zero-order chi connectivity index (χ0) is 15.1. The number of aliphatic hydroxyl groups excluding tert-OH is 1. The van der Waals surface area contributed by atoms with E-state index in [0.717, 1.165) is 32.1 Å². The number of rotatable bonds is 7. The Hall–Kier alpha value is -1.30. The molecule has 3 N–H and O–H groups in total. The summed E-state index contributed by atoms with van der Waals surface area (Å²) in [4.78, 5) is 24.5. The van der Waals surface area contributed by atoms with Crippen molar-refractivity contribution in [2.45, 2.75) is 70.6 Å². The van der Waals surface area contributed by atoms with Crippen LogP contribution in [0.2, 0.25) is 0 Å². The van der Waals surface area contributed by atoms with Crippen molar-refractivity contribution in [2.75, 3.05) is 6.54 Å². The van der Waals surface area contributed by atoms with E-state index in [-0.39, 0.29) is 25.0 Å². The van der Waals surface area contributed by atoms with E-state index in [1.165, 1.54) is 4.90 Å². The van der Waals surface area contributed by atoms with Gasteiger partial charge in [-0.1, -0.05) is 33.1 Å². The fraction of sp³-hybridized carbons (Fsp3) is 0.857. The Balaban J connectivity index is 2.60. The molecule has 1 saturated heterocycles. The highest BCUT2D eigenvalue weighted by Crippen LogP contribution is 2.19. The number of aliphatic hydroxyl groups is 1. The van der Waals surface area contributed by atoms with Crippen LogP contribution in [0.5, 0.6) is 0 Å². The van der Waals surface area contributed by atoms with E-state index in [9.17, 15) is 14.7 Å². The Bertz CT molecular complexity index is 335. The Morgan fingerprint density at radius 1 is 1.30 bits per heavy atom. The van der Waals surface area contributed by atoms with Crippen LogP contribution in [0.1, 0.15) is 52.4 Å². The molecule has 1 unspecified atom stereocenters. The molecule has 116 valence electrons. The summed E-state index contributed by atoms with van der Waals surface area (Å²) in [5, 5.41) is 21.6. The van der Waals surface area contributed by atoms with E-state index < -0.39 is 18.1 Å². The number of carboxylic acids is 1. The third-order valence-corrected chi connectivity index (χ3v) is 3.70. The number of likely N-dealkylation sites (tertiary alicyclic amines) is 1. The van der Waals surface area contributed by atoms with Gasteiger partial charge >= 0.3 is 12.0 Å². The van der Waals surface area contributed by atoms with Crippen molar-refractivity contribution < 1.29 is 19.8 Å². The summed E-state index contributed by atoms with van der Waals surface area (Å²) in [6.45, 7) is 4.25. The van der Waals surface area contributed by atoms with E-state index in [0.29, 0.717) is 0 Å². The summed E-state index contributed by atoms with van der Waals surface area (Å²) in [7, 11) is 0. The predicted molar refractivity (Wildman–Crippen MR) is 75.5 cm³/mol. The second kappa shape index (κ2) is 8.09. The van der Waals surface area contributed by atoms with Gasteiger partial charge in [0.2, 0.25) is 0 Å². The fourth-order valence-electron chi connectivity index (χ4n) is 2.62. The molecule has 1 fully saturated rings. The SMILES string of the molecule is CCCCC(CCC)NC(=O)N1C[C@H](O)C[C@H]1C(=O)O. The summed E-state index contributed by atoms with van der Waals surface area (Å²) in [6, 6.07) is -1.21. The molecular formula is C14H26N2O4. The number of β-amino-alcohol motifs (C(OH)–C–C–N with tert-alkyl or cyclic N) is 1. The summed E-state index contributed by atoms with van der Waals surface area (Å²) in [6.07, 6.45) is 4.23. The highest BCUT2D eigenvalue weighted by molar-refractivity contribution is 5.83. The van der Waals surface area contributed by atoms with Crippen LogP contribution in [-0.2, 0) is 4.79 Å². The quantitative estimate of drug-likeness (QED) is 0.662. The van der Waals surface area contributed by atoms with Gasteiger partial charge in [0, 0.05) is 19.0 Å². The predicted octanol–water partition coefficient (Wildman–Crippen LogP) is 1.57. The van der Waals surface area contributed by atoms with Crippen LogP contribution in [0, 0.1) is 0 Å². The molecule has 6 nitrogen and oxygen atoms in total. The first kappa shape index (κ1) is 16.8. The second-order valence-corrected chi connectivity index (χ2v) is 5.47. The van der Waals surface area contributed by atoms with Gasteiger partial charge in [-0.3, -0.25) is 0 Å². The Kier molecular flexibility index (Phi) is 6.78. The highest BCUT2D eigenvalue weighted by atomic mass is 16.4. The van der Waals surface area contributed by atoms with Crippen LogP contribution < -0.4 is 5.32 Å². The lowest BCUT2D eigenvalue weighted by Gasteiger charge is -2.25. The summed E-state index contributed by atoms with van der Waals surface area (Å²) in [5.74, 6) is -1.06. The molecule has 6 heteroatoms. The first-order chi connectivity index (χ1) is 9.49. The van der Waals surface area contributed by atoms with Gasteiger partial charge in [0.25, 0.3) is 0 Å². The standard InChI is InChI=1S/C14H26N2O4/c1-3-5-7-10(6-4-2)15-14(20)16-9-11(17)8-12(16)13(18)19/h10-12,17H,3-9H2,1-2H3,(H,15,20)(H,18,19)/t10?,11-,12+/m1/s1. The van der Waals surface area contributed by atoms with Crippen molar-refractivity contribution in [3.8, 4) is 0 Å². The number of amides is 2. The largest absolute Gasteiger partial charge is 0.480 e. The van der Waals surface area contributed by atoms with Crippen LogP contribution >= 0.6 is 0 Å². The van der Waals surface area contributed by atoms with Gasteiger partial charge in [0.15, 0.2) is 0 Å². The van der Waals surface area contributed by atoms with Crippen molar-refractivity contribution in [3.63, 3.8) is 0 Å². The number of aliphatic carboxylic acids is 1. The van der Waals surface area contributed by atoms with Crippen molar-refractivity contribution >= 4 is 12.0 Å². The molecule has 1 heterocycles. The molecule has 0 aromatic heterocycles. The number of unbranched alkanes of at least 4 members (excludes halogenated alkanes) is 1. The number of hydrogen-bond donors (Lipinski definition) is 3. The average molecular weight is 286 g/mol. The summed E-state index contributed by atoms with van der Waals surface area (Å²) >= 11 is 0. The number of urea groups is 1. The minimum Gasteiger partial charge on any atom is -0.480 e. The van der Waals surface area contributed by atoms with Gasteiger partial charge in [-0.2, -0.15) is 0 Å². The fourth-order valence-corrected chi connectivity index (χ4v) is 2.62. The smallest absolute Gasteiger partial charge is 0.326 e. The number of carbonyl (C=O) groups is 2. The van der Waals surface area contributed by atoms with Crippen molar-refractivity contribution in [2.24, 2.45) is 0 Å². The van der Waals surface area contributed by atoms with Gasteiger partial charge in [0.1, 0.15) is 6.04 Å². The van der Waals surface area contributed by atoms with Gasteiger partial charge in [-0.05, 0) is 12.8 Å². The number of hydrogen-bond acceptors (Lipinski definition) is 3. The van der Waals surface area contributed by atoms with E-state index in [4.69, 9.17) is 5.11 Å². The molecule has 0 saturated carbocycles. The van der Waals surface area contributed by atoms with Gasteiger partial charge in [-0.15, -0.1) is 0 Å². The van der Waals surface area contributed by atoms with E-state index in [2.05, 4.69) is 19.2 Å². The average Bonchev–Trinajstić information content (AvgIpc) is 2.78. The third kappa shape index (κ3) is 4.67. The molecule has 1 aliphatic rings. The van der Waals surface area contributed by atoms with Crippen LogP contribution in [0.3, 0.4) is 0 Å². The first-order valence-electron chi connectivity index (χ1n) is 7.47. The Morgan fingerprint density at radius 2 is 2.00 bits per heavy atom. The maximum atomic E-state index is 12.2. The molecule has 0 aromatic carbocycles. The number of nitrogens with zero attached hydrogens (tertiary/aromatic N) is 1. The molecule has 0 bridgehead atoms. The minimum atomic E-state index is -1.06. The minimum absolute atomic E-state index is 0.0830. The van der Waals surface area contributed by atoms with Gasteiger partial charge in [-0.25, -0.2) is 9.59 Å². The number of carbonyl (C=O) groups excluding carboxylic acids is 1. The molecular weight excluding hydrogens is 260 g/mol. The van der Waals surface area contributed by atoms with Crippen molar-refractivity contribution in [1.82, 2.24) is 10.2 Å². The van der Waals surface area contributed by atoms with E-state index in [1.807, 2.05) is 0 Å². The van der Waals surface area contributed by atoms with Crippen LogP contribution in [0.15, 0.2) is 0 Å². The number of nitrogens with one attached hydrogen (secondary N) is 1. The molecule has 0 radical (unpaired) electrons. The zero-order valence-corrected chi connectivity index (χ0v) is 12.3. The van der Waals surface area contributed by atoms with Crippen LogP contribution in [0.4, 0.5) is 4.79 Å². The van der Waals surface area contributed by atoms with E-state index in [1.54, 1.807) is 0 Å². The Morgan fingerprint density at radius 3 is 2.55 bits per heavy atom. The lowest BCUT2D eigenvalue weighted by atomic mass is 10.1. The maximum absolute atomic E-state index is 12.2.